The number of carbonyl (C=O) groups is 14. The number of aliphatic imine (C=N–C) groups is 1. The molecule has 0 saturated heterocycles. The van der Waals surface area contributed by atoms with E-state index in [4.69, 9.17) is 28.0 Å². The lowest BCUT2D eigenvalue weighted by Crippen LogP contribution is -2.61. The fourth-order valence-corrected chi connectivity index (χ4v) is 7.76. The van der Waals surface area contributed by atoms with Gasteiger partial charge >= 0.3 is 11.9 Å². The topological polar surface area (TPSA) is 564 Å². The zero-order valence-electron chi connectivity index (χ0n) is 47.8. The molecular weight excluding hydrogens is 1120 g/mol. The van der Waals surface area contributed by atoms with Crippen molar-refractivity contribution < 1.29 is 82.4 Å². The number of nitrogens with two attached hydrogens (primary N) is 4. The van der Waals surface area contributed by atoms with Crippen molar-refractivity contribution in [3.8, 4) is 0 Å². The molecule has 470 valence electrons. The lowest BCUT2D eigenvalue weighted by atomic mass is 10.0. The second kappa shape index (κ2) is 35.5. The Kier molecular flexibility index (Phi) is 29.9. The molecule has 0 radical (unpaired) electrons. The summed E-state index contributed by atoms with van der Waals surface area (Å²) in [5, 5.41) is 55.5. The van der Waals surface area contributed by atoms with Crippen LogP contribution in [0.4, 0.5) is 0 Å². The van der Waals surface area contributed by atoms with Gasteiger partial charge in [-0.05, 0) is 70.9 Å². The van der Waals surface area contributed by atoms with Crippen LogP contribution in [0.15, 0.2) is 35.5 Å². The van der Waals surface area contributed by atoms with Gasteiger partial charge in [0, 0.05) is 36.5 Å². The molecule has 1 aromatic carbocycles. The summed E-state index contributed by atoms with van der Waals surface area (Å²) in [6, 6.07) is -6.09. The summed E-state index contributed by atoms with van der Waals surface area (Å²) >= 11 is 0. The number of carboxylic acids is 2. The van der Waals surface area contributed by atoms with Crippen molar-refractivity contribution in [1.29, 1.82) is 0 Å². The van der Waals surface area contributed by atoms with Crippen molar-refractivity contribution in [3.63, 3.8) is 0 Å². The van der Waals surface area contributed by atoms with E-state index in [1.807, 2.05) is 0 Å². The highest BCUT2D eigenvalue weighted by Crippen LogP contribution is 2.19. The molecule has 12 amide bonds. The number of amides is 12. The van der Waals surface area contributed by atoms with Gasteiger partial charge in [-0.1, -0.05) is 32.0 Å². The number of aliphatic hydroxyl groups is 1. The van der Waals surface area contributed by atoms with E-state index in [1.165, 1.54) is 20.8 Å². The number of aromatic nitrogens is 1. The monoisotopic (exact) mass is 1200 g/mol. The van der Waals surface area contributed by atoms with Gasteiger partial charge in [-0.15, -0.1) is 0 Å². The number of aliphatic hydroxyl groups excluding tert-OH is 1. The summed E-state index contributed by atoms with van der Waals surface area (Å²) in [5.41, 5.74) is 22.9. The Bertz CT molecular complexity index is 2760. The predicted molar refractivity (Wildman–Crippen MR) is 301 cm³/mol. The number of benzene rings is 1. The Labute approximate surface area is 487 Å². The predicted octanol–water partition coefficient (Wildman–Crippen LogP) is -7.37. The van der Waals surface area contributed by atoms with E-state index >= 15 is 0 Å². The molecule has 2 rings (SSSR count). The third-order valence-electron chi connectivity index (χ3n) is 12.3. The second-order valence-electron chi connectivity index (χ2n) is 20.2. The summed E-state index contributed by atoms with van der Waals surface area (Å²) in [5.74, 6) is -14.9. The summed E-state index contributed by atoms with van der Waals surface area (Å²) in [6.45, 7) is 6.00. The molecule has 0 aliphatic carbocycles. The number of fused-ring (bicyclic) bond motifs is 1. The van der Waals surface area contributed by atoms with Crippen LogP contribution in [0.2, 0.25) is 0 Å². The lowest BCUT2D eigenvalue weighted by Gasteiger charge is -2.27. The zero-order chi connectivity index (χ0) is 64.2. The normalized spacial score (nSPS) is 14.5. The molecule has 10 atom stereocenters. The first-order valence-corrected chi connectivity index (χ1v) is 26.8. The van der Waals surface area contributed by atoms with Gasteiger partial charge in [0.15, 0.2) is 5.96 Å². The van der Waals surface area contributed by atoms with Gasteiger partial charge in [0.05, 0.1) is 38.2 Å². The maximum absolute atomic E-state index is 13.8. The Morgan fingerprint density at radius 1 is 0.565 bits per heavy atom. The van der Waals surface area contributed by atoms with Crippen LogP contribution < -0.4 is 81.4 Å². The van der Waals surface area contributed by atoms with Crippen LogP contribution in [0, 0.1) is 5.92 Å². The number of para-hydroxylation sites is 1. The van der Waals surface area contributed by atoms with Crippen molar-refractivity contribution in [2.24, 2.45) is 33.8 Å². The highest BCUT2D eigenvalue weighted by molar-refractivity contribution is 5.99. The van der Waals surface area contributed by atoms with Crippen molar-refractivity contribution in [1.82, 2.24) is 63.5 Å². The maximum atomic E-state index is 13.8. The van der Waals surface area contributed by atoms with Crippen molar-refractivity contribution in [3.05, 3.63) is 36.0 Å². The van der Waals surface area contributed by atoms with E-state index in [9.17, 15) is 77.3 Å². The van der Waals surface area contributed by atoms with Gasteiger partial charge in [-0.2, -0.15) is 0 Å². The van der Waals surface area contributed by atoms with Crippen LogP contribution in [0.1, 0.15) is 85.6 Å². The van der Waals surface area contributed by atoms with E-state index < -0.39 is 182 Å². The first-order valence-electron chi connectivity index (χ1n) is 26.8. The number of H-pyrrole nitrogens is 1. The Morgan fingerprint density at radius 2 is 1.08 bits per heavy atom. The fraction of sp³-hybridized carbons (Fsp3) is 0.549. The number of hydrogen-bond donors (Lipinski definition) is 19. The molecule has 34 heteroatoms. The van der Waals surface area contributed by atoms with Crippen LogP contribution in [0.3, 0.4) is 0 Å². The van der Waals surface area contributed by atoms with E-state index in [-0.39, 0.29) is 44.1 Å². The molecule has 2 aromatic rings. The average Bonchev–Trinajstić information content (AvgIpc) is 4.10. The smallest absolute Gasteiger partial charge is 0.325 e. The minimum absolute atomic E-state index is 0.00272. The molecule has 1 aromatic heterocycles. The summed E-state index contributed by atoms with van der Waals surface area (Å²) in [4.78, 5) is 187. The highest BCUT2D eigenvalue weighted by Gasteiger charge is 2.35. The minimum atomic E-state index is -1.89. The summed E-state index contributed by atoms with van der Waals surface area (Å²) < 4.78 is 0. The molecule has 0 fully saturated rings. The van der Waals surface area contributed by atoms with Crippen LogP contribution >= 0.6 is 0 Å². The number of carbonyl (C=O) groups excluding carboxylic acids is 12. The minimum Gasteiger partial charge on any atom is -0.481 e. The first-order chi connectivity index (χ1) is 39.8. The van der Waals surface area contributed by atoms with Gasteiger partial charge in [0.2, 0.25) is 70.9 Å². The number of carboxylic acid groups (broad SMARTS) is 2. The molecular formula is C51H79N17O17. The van der Waals surface area contributed by atoms with Crippen molar-refractivity contribution in [2.45, 2.75) is 147 Å². The summed E-state index contributed by atoms with van der Waals surface area (Å²) in [6.07, 6.45) is -2.39. The van der Waals surface area contributed by atoms with E-state index in [0.29, 0.717) is 16.5 Å². The van der Waals surface area contributed by atoms with E-state index in [2.05, 4.69) is 68.5 Å². The molecule has 0 spiro atoms. The Hall–Kier alpha value is -9.47. The number of nitrogens with zero attached hydrogens (tertiary/aromatic N) is 1. The van der Waals surface area contributed by atoms with Crippen LogP contribution in [-0.4, -0.2) is 196 Å². The number of hydrogen-bond acceptors (Lipinski definition) is 17. The molecule has 0 unspecified atom stereocenters. The molecule has 34 nitrogen and oxygen atoms in total. The zero-order valence-corrected chi connectivity index (χ0v) is 47.8. The number of guanidine groups is 1. The van der Waals surface area contributed by atoms with Gasteiger partial charge < -0.3 is 102 Å². The van der Waals surface area contributed by atoms with Crippen LogP contribution in [-0.2, 0) is 73.5 Å². The van der Waals surface area contributed by atoms with Gasteiger partial charge in [0.1, 0.15) is 48.3 Å². The molecule has 0 saturated carbocycles. The molecule has 1 heterocycles. The molecule has 23 N–H and O–H groups in total. The maximum Gasteiger partial charge on any atom is 0.325 e. The highest BCUT2D eigenvalue weighted by atomic mass is 16.4. The largest absolute Gasteiger partial charge is 0.481 e. The Morgan fingerprint density at radius 3 is 1.62 bits per heavy atom. The fourth-order valence-electron chi connectivity index (χ4n) is 7.76. The number of rotatable bonds is 37. The average molecular weight is 1200 g/mol. The van der Waals surface area contributed by atoms with Gasteiger partial charge in [-0.25, -0.2) is 0 Å². The molecule has 0 aliphatic rings. The van der Waals surface area contributed by atoms with Gasteiger partial charge in [-0.3, -0.25) is 72.1 Å². The van der Waals surface area contributed by atoms with E-state index in [1.54, 1.807) is 44.3 Å². The summed E-state index contributed by atoms with van der Waals surface area (Å²) in [7, 11) is 0. The van der Waals surface area contributed by atoms with Gasteiger partial charge in [0.25, 0.3) is 0 Å². The molecule has 85 heavy (non-hydrogen) atoms. The number of aromatic amines is 1. The number of aliphatic carboxylic acids is 2. The third-order valence-corrected chi connectivity index (χ3v) is 12.3. The third kappa shape index (κ3) is 26.5. The van der Waals surface area contributed by atoms with Crippen LogP contribution in [0.25, 0.3) is 10.9 Å². The SMILES string of the molecule is CC(C)C[C@H](NC(=O)CNC(=O)[C@H](CCC(N)=O)NC(=O)[C@@H](NC(=O)[C@H](CCCN=C(N)N)NC(=O)[C@H](CC(=O)O)NC(=O)[C@H](C)N)[C@@H](C)O)C(=O)NCC(=O)N[C@@H](Cc1c[nH]c2ccccc12)C(=O)NCC(=O)N[C@@H](C)C(=O)N[C@@H](C)C(=O)O. The second-order valence-corrected chi connectivity index (χ2v) is 20.2. The van der Waals surface area contributed by atoms with E-state index in [0.717, 1.165) is 6.92 Å². The number of nitrogens with one attached hydrogen (secondary N) is 12. The first kappa shape index (κ1) is 71.6. The van der Waals surface area contributed by atoms with Crippen molar-refractivity contribution >= 4 is 99.7 Å². The molecule has 0 bridgehead atoms. The van der Waals surface area contributed by atoms with Crippen LogP contribution in [0.5, 0.6) is 0 Å². The lowest BCUT2D eigenvalue weighted by molar-refractivity contribution is -0.142. The Balaban J connectivity index is 2.22. The quantitative estimate of drug-likeness (QED) is 0.0170. The van der Waals surface area contributed by atoms with Crippen molar-refractivity contribution in [2.75, 3.05) is 26.2 Å². The molecule has 0 aliphatic heterocycles. The standard InChI is InChI=1S/C51H79N17O17/c1-23(2)16-33(45(79)60-22-39(73)64-34(17-28-19-57-30-11-8-7-10-29(28)30)46(80)59-20-37(71)61-25(4)43(77)62-26(5)50(84)85)63-38(72)21-58-44(78)32(13-14-36(53)70)66-49(83)41(27(6)69)68-47(81)31(12-9-15-56-51(54)55)65-48(82)35(18-40(74)75)67-42(76)24(3)52/h7-8,10-11,19,23-27,31-35,41,57,69H,9,12-18,20-22,52H2,1-6H3,(H2,53,70)(H,58,78)(H,59,80)(H,60,79)(H,61,71)(H,62,77)(H,63,72)(H,64,73)(H,65,82)(H,66,83)(H,67,76)(H,68,81)(H,74,75)(H,84,85)(H4,54,55,56)/t24-,25-,26-,27+,31-,32-,33-,34-,35-,41-/m0/s1. The number of primary amides is 1.